The van der Waals surface area contributed by atoms with E-state index < -0.39 is 4.92 Å². The number of benzene rings is 1. The molecule has 1 amide bonds. The van der Waals surface area contributed by atoms with Crippen molar-refractivity contribution in [1.82, 2.24) is 25.2 Å². The van der Waals surface area contributed by atoms with Gasteiger partial charge in [-0.15, -0.1) is 0 Å². The molecule has 3 aromatic rings. The van der Waals surface area contributed by atoms with Gasteiger partial charge in [0.1, 0.15) is 5.69 Å². The van der Waals surface area contributed by atoms with Crippen molar-refractivity contribution in [1.29, 1.82) is 0 Å². The third kappa shape index (κ3) is 6.27. The molecule has 11 heteroatoms. The van der Waals surface area contributed by atoms with Gasteiger partial charge in [-0.2, -0.15) is 0 Å². The molecule has 2 aromatic heterocycles. The van der Waals surface area contributed by atoms with Gasteiger partial charge in [0.25, 0.3) is 11.6 Å². The molecule has 11 nitrogen and oxygen atoms in total. The van der Waals surface area contributed by atoms with Crippen molar-refractivity contribution in [2.45, 2.75) is 13.0 Å². The molecule has 1 saturated heterocycles. The zero-order valence-corrected chi connectivity index (χ0v) is 19.5. The normalized spacial score (nSPS) is 14.8. The number of anilines is 2. The number of piperazine rings is 1. The fourth-order valence-corrected chi connectivity index (χ4v) is 3.94. The van der Waals surface area contributed by atoms with Gasteiger partial charge in [0, 0.05) is 69.5 Å². The molecular weight excluding hydrogens is 448 g/mol. The lowest BCUT2D eigenvalue weighted by atomic mass is 10.1. The number of carbonyl (C=O) groups is 1. The Kier molecular flexibility index (Phi) is 7.78. The highest BCUT2D eigenvalue weighted by molar-refractivity contribution is 5.95. The molecule has 0 spiro atoms. The number of nitrogens with zero attached hydrogens (tertiary/aromatic N) is 6. The molecule has 4 rings (SSSR count). The fourth-order valence-electron chi connectivity index (χ4n) is 3.94. The summed E-state index contributed by atoms with van der Waals surface area (Å²) in [4.78, 5) is 41.1. The molecule has 0 saturated carbocycles. The monoisotopic (exact) mass is 476 g/mol. The Hall–Kier alpha value is -4.12. The van der Waals surface area contributed by atoms with E-state index in [4.69, 9.17) is 0 Å². The standard InChI is InChI=1S/C24H28N8O3/c1-18(20-5-2-3-8-25-20)29-21-7-6-19(17-22(21)32(34)35)23(33)26-11-12-30-13-15-31(16-14-30)24-27-9-4-10-28-24/h2-10,17-18,29H,11-16H2,1H3,(H,26,33). The smallest absolute Gasteiger partial charge is 0.293 e. The number of carbonyl (C=O) groups excluding carboxylic acids is 1. The van der Waals surface area contributed by atoms with Crippen molar-refractivity contribution < 1.29 is 9.72 Å². The third-order valence-electron chi connectivity index (χ3n) is 5.88. The fraction of sp³-hybridized carbons (Fsp3) is 0.333. The summed E-state index contributed by atoms with van der Waals surface area (Å²) < 4.78 is 0. The summed E-state index contributed by atoms with van der Waals surface area (Å²) in [6, 6.07) is 11.5. The number of hydrogen-bond donors (Lipinski definition) is 2. The van der Waals surface area contributed by atoms with E-state index >= 15 is 0 Å². The maximum Gasteiger partial charge on any atom is 0.293 e. The Morgan fingerprint density at radius 3 is 2.49 bits per heavy atom. The minimum absolute atomic E-state index is 0.153. The number of hydrogen-bond acceptors (Lipinski definition) is 9. The summed E-state index contributed by atoms with van der Waals surface area (Å²) in [5.74, 6) is 0.392. The molecule has 0 bridgehead atoms. The largest absolute Gasteiger partial charge is 0.371 e. The summed E-state index contributed by atoms with van der Waals surface area (Å²) in [5, 5.41) is 17.7. The zero-order valence-electron chi connectivity index (χ0n) is 19.5. The number of pyridine rings is 1. The number of nitrogens with one attached hydrogen (secondary N) is 2. The first-order chi connectivity index (χ1) is 17.0. The SMILES string of the molecule is CC(Nc1ccc(C(=O)NCCN2CCN(c3ncccn3)CC2)cc1[N+](=O)[O-])c1ccccn1. The van der Waals surface area contributed by atoms with Crippen molar-refractivity contribution in [2.24, 2.45) is 0 Å². The third-order valence-corrected chi connectivity index (χ3v) is 5.88. The Balaban J connectivity index is 1.29. The predicted octanol–water partition coefficient (Wildman–Crippen LogP) is 2.50. The van der Waals surface area contributed by atoms with Gasteiger partial charge in [0.15, 0.2) is 0 Å². The highest BCUT2D eigenvalue weighted by Gasteiger charge is 2.21. The summed E-state index contributed by atoms with van der Waals surface area (Å²) >= 11 is 0. The van der Waals surface area contributed by atoms with Crippen LogP contribution in [0.25, 0.3) is 0 Å². The lowest BCUT2D eigenvalue weighted by molar-refractivity contribution is -0.384. The molecule has 0 aliphatic carbocycles. The second-order valence-corrected chi connectivity index (χ2v) is 8.24. The minimum Gasteiger partial charge on any atom is -0.371 e. The lowest BCUT2D eigenvalue weighted by Crippen LogP contribution is -2.49. The van der Waals surface area contributed by atoms with Gasteiger partial charge < -0.3 is 15.5 Å². The molecule has 35 heavy (non-hydrogen) atoms. The van der Waals surface area contributed by atoms with Crippen LogP contribution in [0.2, 0.25) is 0 Å². The Labute approximate surface area is 203 Å². The molecule has 1 aliphatic heterocycles. The van der Waals surface area contributed by atoms with Crippen LogP contribution in [0.1, 0.15) is 29.0 Å². The van der Waals surface area contributed by atoms with Crippen LogP contribution in [-0.2, 0) is 0 Å². The Morgan fingerprint density at radius 1 is 1.06 bits per heavy atom. The second kappa shape index (κ2) is 11.3. The van der Waals surface area contributed by atoms with Crippen LogP contribution in [0.5, 0.6) is 0 Å². The first-order valence-electron chi connectivity index (χ1n) is 11.5. The average molecular weight is 477 g/mol. The summed E-state index contributed by atoms with van der Waals surface area (Å²) in [5.41, 5.74) is 1.20. The number of nitro benzene ring substituents is 1. The van der Waals surface area contributed by atoms with E-state index in [0.717, 1.165) is 37.8 Å². The molecule has 1 fully saturated rings. The van der Waals surface area contributed by atoms with E-state index in [2.05, 4.69) is 35.4 Å². The van der Waals surface area contributed by atoms with Crippen LogP contribution in [0.3, 0.4) is 0 Å². The van der Waals surface area contributed by atoms with Gasteiger partial charge in [-0.3, -0.25) is 24.8 Å². The van der Waals surface area contributed by atoms with Crippen molar-refractivity contribution in [3.63, 3.8) is 0 Å². The van der Waals surface area contributed by atoms with Gasteiger partial charge in [-0.05, 0) is 37.3 Å². The van der Waals surface area contributed by atoms with E-state index in [1.54, 1.807) is 36.8 Å². The van der Waals surface area contributed by atoms with Crippen LogP contribution in [-0.4, -0.2) is 70.0 Å². The van der Waals surface area contributed by atoms with Gasteiger partial charge in [0.05, 0.1) is 16.7 Å². The van der Waals surface area contributed by atoms with Crippen molar-refractivity contribution in [3.05, 3.63) is 82.4 Å². The zero-order chi connectivity index (χ0) is 24.6. The van der Waals surface area contributed by atoms with Gasteiger partial charge >= 0.3 is 0 Å². The van der Waals surface area contributed by atoms with Gasteiger partial charge in [-0.25, -0.2) is 9.97 Å². The molecule has 0 radical (unpaired) electrons. The second-order valence-electron chi connectivity index (χ2n) is 8.24. The quantitative estimate of drug-likeness (QED) is 0.353. The molecule has 3 heterocycles. The van der Waals surface area contributed by atoms with E-state index in [1.165, 1.54) is 6.07 Å². The van der Waals surface area contributed by atoms with Crippen LogP contribution < -0.4 is 15.5 Å². The Bertz CT molecular complexity index is 1140. The molecular formula is C24H28N8O3. The van der Waals surface area contributed by atoms with E-state index in [-0.39, 0.29) is 23.2 Å². The number of nitro groups is 1. The molecule has 1 atom stereocenters. The molecule has 1 unspecified atom stereocenters. The maximum absolute atomic E-state index is 12.6. The summed E-state index contributed by atoms with van der Waals surface area (Å²) in [6.07, 6.45) is 5.14. The van der Waals surface area contributed by atoms with Crippen LogP contribution in [0, 0.1) is 10.1 Å². The van der Waals surface area contributed by atoms with E-state index in [9.17, 15) is 14.9 Å². The minimum atomic E-state index is -0.486. The van der Waals surface area contributed by atoms with Crippen LogP contribution >= 0.6 is 0 Å². The van der Waals surface area contributed by atoms with Crippen LogP contribution in [0.4, 0.5) is 17.3 Å². The number of rotatable bonds is 9. The van der Waals surface area contributed by atoms with E-state index in [0.29, 0.717) is 18.8 Å². The molecule has 182 valence electrons. The van der Waals surface area contributed by atoms with Crippen molar-refractivity contribution >= 4 is 23.2 Å². The number of aromatic nitrogens is 3. The van der Waals surface area contributed by atoms with Crippen molar-refractivity contribution in [3.8, 4) is 0 Å². The topological polar surface area (TPSA) is 129 Å². The lowest BCUT2D eigenvalue weighted by Gasteiger charge is -2.34. The van der Waals surface area contributed by atoms with Gasteiger partial charge in [0.2, 0.25) is 5.95 Å². The molecule has 1 aromatic carbocycles. The van der Waals surface area contributed by atoms with Crippen molar-refractivity contribution in [2.75, 3.05) is 49.5 Å². The first kappa shape index (κ1) is 24.0. The van der Waals surface area contributed by atoms with Crippen LogP contribution in [0.15, 0.2) is 61.1 Å². The highest BCUT2D eigenvalue weighted by Crippen LogP contribution is 2.29. The summed E-state index contributed by atoms with van der Waals surface area (Å²) in [7, 11) is 0. The molecule has 2 N–H and O–H groups in total. The molecule has 1 aliphatic rings. The maximum atomic E-state index is 12.6. The highest BCUT2D eigenvalue weighted by atomic mass is 16.6. The van der Waals surface area contributed by atoms with Gasteiger partial charge in [-0.1, -0.05) is 6.07 Å². The first-order valence-corrected chi connectivity index (χ1v) is 11.5. The number of amides is 1. The average Bonchev–Trinajstić information content (AvgIpc) is 2.90. The van der Waals surface area contributed by atoms with E-state index in [1.807, 2.05) is 25.1 Å². The Morgan fingerprint density at radius 2 is 1.80 bits per heavy atom. The predicted molar refractivity (Wildman–Crippen MR) is 132 cm³/mol. The summed E-state index contributed by atoms with van der Waals surface area (Å²) in [6.45, 7) is 6.33.